The third-order valence-electron chi connectivity index (χ3n) is 4.28. The first kappa shape index (κ1) is 17.0. The normalized spacial score (nSPS) is 13.6. The fraction of sp³-hybridized carbons (Fsp3) is 0.300. The Bertz CT molecular complexity index is 750. The number of rotatable bonds is 5. The minimum Gasteiger partial charge on any atom is -0.376 e. The van der Waals surface area contributed by atoms with Crippen molar-refractivity contribution in [2.75, 3.05) is 30.3 Å². The third-order valence-corrected chi connectivity index (χ3v) is 4.28. The number of nitrogens with zero attached hydrogens (tertiary/aromatic N) is 1. The Hall–Kier alpha value is -2.82. The van der Waals surface area contributed by atoms with E-state index in [1.54, 1.807) is 24.3 Å². The lowest BCUT2D eigenvalue weighted by Gasteiger charge is -2.15. The van der Waals surface area contributed by atoms with Gasteiger partial charge in [0, 0.05) is 30.0 Å². The number of nitrogens with one attached hydrogen (secondary N) is 2. The Morgan fingerprint density at radius 1 is 1.00 bits per heavy atom. The quantitative estimate of drug-likeness (QED) is 0.880. The van der Waals surface area contributed by atoms with Crippen LogP contribution in [0.2, 0.25) is 0 Å². The third kappa shape index (κ3) is 4.59. The SMILES string of the molecule is Cc1cccc(NCC(=O)Nc2ccc(C(=O)N3CCCC3)cc2)c1. The van der Waals surface area contributed by atoms with E-state index < -0.39 is 0 Å². The molecule has 1 saturated heterocycles. The van der Waals surface area contributed by atoms with Gasteiger partial charge in [0.1, 0.15) is 0 Å². The lowest BCUT2D eigenvalue weighted by Crippen LogP contribution is -2.27. The molecule has 1 aliphatic rings. The van der Waals surface area contributed by atoms with E-state index in [1.807, 2.05) is 36.1 Å². The second-order valence-electron chi connectivity index (χ2n) is 6.35. The summed E-state index contributed by atoms with van der Waals surface area (Å²) in [5.41, 5.74) is 3.41. The molecule has 5 nitrogen and oxygen atoms in total. The number of hydrogen-bond acceptors (Lipinski definition) is 3. The summed E-state index contributed by atoms with van der Waals surface area (Å²) in [4.78, 5) is 26.2. The van der Waals surface area contributed by atoms with E-state index >= 15 is 0 Å². The number of likely N-dealkylation sites (tertiary alicyclic amines) is 1. The topological polar surface area (TPSA) is 61.4 Å². The van der Waals surface area contributed by atoms with Crippen LogP contribution in [0.4, 0.5) is 11.4 Å². The Labute approximate surface area is 148 Å². The lowest BCUT2D eigenvalue weighted by molar-refractivity contribution is -0.114. The van der Waals surface area contributed by atoms with Crippen LogP contribution in [0.1, 0.15) is 28.8 Å². The summed E-state index contributed by atoms with van der Waals surface area (Å²) in [5.74, 6) is -0.0587. The standard InChI is InChI=1S/C20H23N3O2/c1-15-5-4-6-18(13-15)21-14-19(24)22-17-9-7-16(8-10-17)20(25)23-11-2-3-12-23/h4-10,13,21H,2-3,11-12,14H2,1H3,(H,22,24). The van der Waals surface area contributed by atoms with Gasteiger partial charge in [0.25, 0.3) is 5.91 Å². The van der Waals surface area contributed by atoms with Crippen molar-refractivity contribution in [3.8, 4) is 0 Å². The second-order valence-corrected chi connectivity index (χ2v) is 6.35. The van der Waals surface area contributed by atoms with Crippen LogP contribution in [0, 0.1) is 6.92 Å². The van der Waals surface area contributed by atoms with E-state index in [4.69, 9.17) is 0 Å². The Morgan fingerprint density at radius 2 is 1.72 bits per heavy atom. The molecule has 5 heteroatoms. The first-order chi connectivity index (χ1) is 12.1. The smallest absolute Gasteiger partial charge is 0.253 e. The summed E-state index contributed by atoms with van der Waals surface area (Å²) in [5, 5.41) is 5.94. The summed E-state index contributed by atoms with van der Waals surface area (Å²) in [7, 11) is 0. The van der Waals surface area contributed by atoms with E-state index in [-0.39, 0.29) is 18.4 Å². The molecule has 0 bridgehead atoms. The average Bonchev–Trinajstić information content (AvgIpc) is 3.15. The highest BCUT2D eigenvalue weighted by Gasteiger charge is 2.19. The van der Waals surface area contributed by atoms with Gasteiger partial charge in [-0.2, -0.15) is 0 Å². The molecule has 0 aliphatic carbocycles. The summed E-state index contributed by atoms with van der Waals surface area (Å²) in [6.07, 6.45) is 2.15. The fourth-order valence-electron chi connectivity index (χ4n) is 2.94. The highest BCUT2D eigenvalue weighted by atomic mass is 16.2. The van der Waals surface area contributed by atoms with Crippen molar-refractivity contribution in [2.24, 2.45) is 0 Å². The molecule has 0 unspecified atom stereocenters. The van der Waals surface area contributed by atoms with Crippen LogP contribution < -0.4 is 10.6 Å². The maximum absolute atomic E-state index is 12.3. The van der Waals surface area contributed by atoms with Crippen molar-refractivity contribution >= 4 is 23.2 Å². The highest BCUT2D eigenvalue weighted by Crippen LogP contribution is 2.15. The number of amides is 2. The van der Waals surface area contributed by atoms with Gasteiger partial charge in [-0.15, -0.1) is 0 Å². The molecule has 0 aromatic heterocycles. The van der Waals surface area contributed by atoms with Gasteiger partial charge in [-0.1, -0.05) is 12.1 Å². The van der Waals surface area contributed by atoms with Gasteiger partial charge in [-0.25, -0.2) is 0 Å². The van der Waals surface area contributed by atoms with Crippen molar-refractivity contribution in [1.82, 2.24) is 4.90 Å². The predicted molar refractivity (Wildman–Crippen MR) is 99.9 cm³/mol. The number of benzene rings is 2. The van der Waals surface area contributed by atoms with E-state index in [2.05, 4.69) is 10.6 Å². The molecule has 2 amide bonds. The molecule has 0 radical (unpaired) electrons. The molecule has 1 fully saturated rings. The molecule has 0 spiro atoms. The number of aryl methyl sites for hydroxylation is 1. The first-order valence-corrected chi connectivity index (χ1v) is 8.61. The van der Waals surface area contributed by atoms with Crippen LogP contribution in [0.3, 0.4) is 0 Å². The van der Waals surface area contributed by atoms with Crippen LogP contribution in [0.25, 0.3) is 0 Å². The lowest BCUT2D eigenvalue weighted by atomic mass is 10.2. The molecule has 0 saturated carbocycles. The van der Waals surface area contributed by atoms with Crippen LogP contribution in [0.15, 0.2) is 48.5 Å². The van der Waals surface area contributed by atoms with Gasteiger partial charge in [0.05, 0.1) is 6.54 Å². The Kier molecular flexibility index (Phi) is 5.33. The van der Waals surface area contributed by atoms with E-state index in [0.717, 1.165) is 37.2 Å². The Morgan fingerprint density at radius 3 is 2.40 bits per heavy atom. The molecule has 2 aromatic carbocycles. The van der Waals surface area contributed by atoms with Crippen LogP contribution in [0.5, 0.6) is 0 Å². The first-order valence-electron chi connectivity index (χ1n) is 8.61. The molecule has 3 rings (SSSR count). The number of hydrogen-bond donors (Lipinski definition) is 2. The molecular formula is C20H23N3O2. The number of anilines is 2. The molecule has 130 valence electrons. The molecular weight excluding hydrogens is 314 g/mol. The summed E-state index contributed by atoms with van der Waals surface area (Å²) >= 11 is 0. The second kappa shape index (κ2) is 7.83. The minimum absolute atomic E-state index is 0.0662. The Balaban J connectivity index is 1.52. The number of carbonyl (C=O) groups excluding carboxylic acids is 2. The highest BCUT2D eigenvalue weighted by molar-refractivity contribution is 5.96. The van der Waals surface area contributed by atoms with E-state index in [0.29, 0.717) is 11.3 Å². The van der Waals surface area contributed by atoms with Gasteiger partial charge in [-0.3, -0.25) is 9.59 Å². The van der Waals surface area contributed by atoms with Crippen LogP contribution >= 0.6 is 0 Å². The zero-order chi connectivity index (χ0) is 17.6. The van der Waals surface area contributed by atoms with Gasteiger partial charge >= 0.3 is 0 Å². The summed E-state index contributed by atoms with van der Waals surface area (Å²) in [6, 6.07) is 15.0. The van der Waals surface area contributed by atoms with E-state index in [1.165, 1.54) is 0 Å². The van der Waals surface area contributed by atoms with E-state index in [9.17, 15) is 9.59 Å². The minimum atomic E-state index is -0.125. The van der Waals surface area contributed by atoms with Crippen molar-refractivity contribution in [3.05, 3.63) is 59.7 Å². The molecule has 1 heterocycles. The summed E-state index contributed by atoms with van der Waals surface area (Å²) < 4.78 is 0. The van der Waals surface area contributed by atoms with Gasteiger partial charge in [-0.05, 0) is 61.7 Å². The van der Waals surface area contributed by atoms with Crippen molar-refractivity contribution in [1.29, 1.82) is 0 Å². The fourth-order valence-corrected chi connectivity index (χ4v) is 2.94. The van der Waals surface area contributed by atoms with Gasteiger partial charge < -0.3 is 15.5 Å². The van der Waals surface area contributed by atoms with Crippen molar-refractivity contribution in [3.63, 3.8) is 0 Å². The predicted octanol–water partition coefficient (Wildman–Crippen LogP) is 3.28. The molecule has 2 aromatic rings. The maximum atomic E-state index is 12.3. The maximum Gasteiger partial charge on any atom is 0.253 e. The molecule has 25 heavy (non-hydrogen) atoms. The van der Waals surface area contributed by atoms with Gasteiger partial charge in [0.2, 0.25) is 5.91 Å². The zero-order valence-corrected chi connectivity index (χ0v) is 14.4. The van der Waals surface area contributed by atoms with Crippen molar-refractivity contribution < 1.29 is 9.59 Å². The van der Waals surface area contributed by atoms with Gasteiger partial charge in [0.15, 0.2) is 0 Å². The summed E-state index contributed by atoms with van der Waals surface area (Å²) in [6.45, 7) is 3.87. The monoisotopic (exact) mass is 337 g/mol. The molecule has 2 N–H and O–H groups in total. The average molecular weight is 337 g/mol. The molecule has 0 atom stereocenters. The molecule has 1 aliphatic heterocycles. The van der Waals surface area contributed by atoms with Crippen molar-refractivity contribution in [2.45, 2.75) is 19.8 Å². The zero-order valence-electron chi connectivity index (χ0n) is 14.4. The largest absolute Gasteiger partial charge is 0.376 e. The van der Waals surface area contributed by atoms with Crippen LogP contribution in [-0.2, 0) is 4.79 Å². The number of carbonyl (C=O) groups is 2. The van der Waals surface area contributed by atoms with Crippen LogP contribution in [-0.4, -0.2) is 36.3 Å².